The zero-order valence-electron chi connectivity index (χ0n) is 17.0. The molecule has 2 aromatic carbocycles. The lowest BCUT2D eigenvalue weighted by atomic mass is 10.2. The molecule has 33 heavy (non-hydrogen) atoms. The van der Waals surface area contributed by atoms with Crippen molar-refractivity contribution in [1.82, 2.24) is 5.32 Å². The van der Waals surface area contributed by atoms with E-state index in [1.165, 1.54) is 25.1 Å². The van der Waals surface area contributed by atoms with Gasteiger partial charge in [0.15, 0.2) is 23.6 Å². The Labute approximate surface area is 189 Å². The number of carbonyl (C=O) groups is 3. The van der Waals surface area contributed by atoms with Gasteiger partial charge in [0.2, 0.25) is 5.91 Å². The Balaban J connectivity index is 1.51. The molecule has 0 spiro atoms. The Hall–Kier alpha value is -3.73. The average molecular weight is 480 g/mol. The van der Waals surface area contributed by atoms with E-state index in [0.717, 1.165) is 17.4 Å². The first-order valence-corrected chi connectivity index (χ1v) is 10.2. The number of thiophene rings is 1. The second kappa shape index (κ2) is 10.3. The van der Waals surface area contributed by atoms with Gasteiger partial charge in [-0.3, -0.25) is 9.59 Å². The molecule has 0 aliphatic carbocycles. The first-order chi connectivity index (χ1) is 15.7. The molecular formula is C22H16F4N2O4S. The minimum Gasteiger partial charge on any atom is -0.448 e. The van der Waals surface area contributed by atoms with Gasteiger partial charge < -0.3 is 15.4 Å². The van der Waals surface area contributed by atoms with Crippen molar-refractivity contribution in [1.29, 1.82) is 0 Å². The molecule has 1 atom stereocenters. The predicted octanol–water partition coefficient (Wildman–Crippen LogP) is 4.27. The Morgan fingerprint density at radius 1 is 0.939 bits per heavy atom. The molecule has 6 nitrogen and oxygen atoms in total. The number of ether oxygens (including phenoxy) is 1. The van der Waals surface area contributed by atoms with E-state index in [-0.39, 0.29) is 4.88 Å². The van der Waals surface area contributed by atoms with Gasteiger partial charge in [-0.2, -0.15) is 0 Å². The standard InChI is InChI=1S/C22H16F4N2O4S/c1-11(21(30)27-10-18(29)28-15-7-6-14(24)19(25)20(15)26)32-22(31)17-9-8-16(33-17)12-2-4-13(23)5-3-12/h2-9,11H,10H2,1H3,(H,27,30)(H,28,29). The summed E-state index contributed by atoms with van der Waals surface area (Å²) >= 11 is 1.09. The quantitative estimate of drug-likeness (QED) is 0.301. The summed E-state index contributed by atoms with van der Waals surface area (Å²) < 4.78 is 57.9. The van der Waals surface area contributed by atoms with Gasteiger partial charge in [0, 0.05) is 4.88 Å². The van der Waals surface area contributed by atoms with Crippen molar-refractivity contribution in [3.05, 3.63) is 76.7 Å². The lowest BCUT2D eigenvalue weighted by molar-refractivity contribution is -0.130. The molecule has 3 aromatic rings. The molecule has 172 valence electrons. The van der Waals surface area contributed by atoms with Crippen LogP contribution in [0.5, 0.6) is 0 Å². The number of anilines is 1. The normalized spacial score (nSPS) is 11.5. The number of amides is 2. The van der Waals surface area contributed by atoms with E-state index in [0.29, 0.717) is 16.5 Å². The van der Waals surface area contributed by atoms with Gasteiger partial charge in [-0.15, -0.1) is 11.3 Å². The third-order valence-corrected chi connectivity index (χ3v) is 5.44. The van der Waals surface area contributed by atoms with Crippen molar-refractivity contribution >= 4 is 34.8 Å². The number of rotatable bonds is 7. The minimum atomic E-state index is -1.74. The minimum absolute atomic E-state index is 0.209. The van der Waals surface area contributed by atoms with Crippen LogP contribution in [0.4, 0.5) is 23.2 Å². The molecule has 0 radical (unpaired) electrons. The fourth-order valence-electron chi connectivity index (χ4n) is 2.62. The number of halogens is 4. The van der Waals surface area contributed by atoms with Gasteiger partial charge in [0.05, 0.1) is 12.2 Å². The number of carbonyl (C=O) groups excluding carboxylic acids is 3. The summed E-state index contributed by atoms with van der Waals surface area (Å²) in [5.74, 6) is -7.61. The molecule has 2 amide bonds. The highest BCUT2D eigenvalue weighted by atomic mass is 32.1. The van der Waals surface area contributed by atoms with E-state index in [4.69, 9.17) is 4.74 Å². The van der Waals surface area contributed by atoms with Gasteiger partial charge in [0.25, 0.3) is 5.91 Å². The first-order valence-electron chi connectivity index (χ1n) is 9.43. The molecule has 3 rings (SSSR count). The second-order valence-electron chi connectivity index (χ2n) is 6.71. The summed E-state index contributed by atoms with van der Waals surface area (Å²) in [4.78, 5) is 37.2. The molecule has 0 bridgehead atoms. The first kappa shape index (κ1) is 23.9. The summed E-state index contributed by atoms with van der Waals surface area (Å²) in [6.45, 7) is 0.654. The number of hydrogen-bond acceptors (Lipinski definition) is 5. The molecule has 0 saturated carbocycles. The van der Waals surface area contributed by atoms with Crippen molar-refractivity contribution in [3.8, 4) is 10.4 Å². The van der Waals surface area contributed by atoms with E-state index in [1.807, 2.05) is 5.32 Å². The SMILES string of the molecule is CC(OC(=O)c1ccc(-c2ccc(F)cc2)s1)C(=O)NCC(=O)Nc1ccc(F)c(F)c1F. The highest BCUT2D eigenvalue weighted by molar-refractivity contribution is 7.17. The maximum absolute atomic E-state index is 13.6. The van der Waals surface area contributed by atoms with Crippen molar-refractivity contribution in [2.75, 3.05) is 11.9 Å². The van der Waals surface area contributed by atoms with Gasteiger partial charge in [-0.05, 0) is 48.9 Å². The lowest BCUT2D eigenvalue weighted by Gasteiger charge is -2.13. The van der Waals surface area contributed by atoms with E-state index >= 15 is 0 Å². The summed E-state index contributed by atoms with van der Waals surface area (Å²) in [7, 11) is 0. The largest absolute Gasteiger partial charge is 0.448 e. The predicted molar refractivity (Wildman–Crippen MR) is 113 cm³/mol. The van der Waals surface area contributed by atoms with Crippen LogP contribution in [0.25, 0.3) is 10.4 Å². The molecule has 0 aliphatic heterocycles. The van der Waals surface area contributed by atoms with Gasteiger partial charge in [0.1, 0.15) is 10.7 Å². The van der Waals surface area contributed by atoms with Crippen molar-refractivity contribution in [2.24, 2.45) is 0 Å². The fourth-order valence-corrected chi connectivity index (χ4v) is 3.51. The fraction of sp³-hybridized carbons (Fsp3) is 0.136. The van der Waals surface area contributed by atoms with Crippen molar-refractivity contribution in [3.63, 3.8) is 0 Å². The van der Waals surface area contributed by atoms with E-state index in [1.54, 1.807) is 18.2 Å². The average Bonchev–Trinajstić information content (AvgIpc) is 3.29. The van der Waals surface area contributed by atoms with Crippen LogP contribution in [0.3, 0.4) is 0 Å². The van der Waals surface area contributed by atoms with E-state index < -0.39 is 59.4 Å². The zero-order chi connectivity index (χ0) is 24.1. The molecule has 1 unspecified atom stereocenters. The molecule has 1 aromatic heterocycles. The Kier molecular flexibility index (Phi) is 7.44. The monoisotopic (exact) mass is 480 g/mol. The second-order valence-corrected chi connectivity index (χ2v) is 7.79. The van der Waals surface area contributed by atoms with Crippen LogP contribution >= 0.6 is 11.3 Å². The number of benzene rings is 2. The molecule has 1 heterocycles. The summed E-state index contributed by atoms with van der Waals surface area (Å²) in [6, 6.07) is 10.3. The van der Waals surface area contributed by atoms with Crippen molar-refractivity contribution < 1.29 is 36.7 Å². The van der Waals surface area contributed by atoms with Crippen LogP contribution in [0.2, 0.25) is 0 Å². The highest BCUT2D eigenvalue weighted by Gasteiger charge is 2.21. The maximum Gasteiger partial charge on any atom is 0.349 e. The van der Waals surface area contributed by atoms with Gasteiger partial charge >= 0.3 is 5.97 Å². The van der Waals surface area contributed by atoms with Gasteiger partial charge in [-0.1, -0.05) is 12.1 Å². The van der Waals surface area contributed by atoms with Crippen LogP contribution in [0, 0.1) is 23.3 Å². The summed E-state index contributed by atoms with van der Waals surface area (Å²) in [5.41, 5.74) is 0.108. The van der Waals surface area contributed by atoms with E-state index in [9.17, 15) is 31.9 Å². The lowest BCUT2D eigenvalue weighted by Crippen LogP contribution is -2.40. The highest BCUT2D eigenvalue weighted by Crippen LogP contribution is 2.29. The molecule has 0 fully saturated rings. The smallest absolute Gasteiger partial charge is 0.349 e. The van der Waals surface area contributed by atoms with Crippen LogP contribution in [-0.2, 0) is 14.3 Å². The summed E-state index contributed by atoms with van der Waals surface area (Å²) in [6.07, 6.45) is -1.26. The third kappa shape index (κ3) is 5.95. The third-order valence-electron chi connectivity index (χ3n) is 4.32. The van der Waals surface area contributed by atoms with Crippen molar-refractivity contribution in [2.45, 2.75) is 13.0 Å². The molecular weight excluding hydrogens is 464 g/mol. The molecule has 11 heteroatoms. The van der Waals surface area contributed by atoms with Gasteiger partial charge in [-0.25, -0.2) is 22.4 Å². The Morgan fingerprint density at radius 3 is 2.33 bits per heavy atom. The number of hydrogen-bond donors (Lipinski definition) is 2. The van der Waals surface area contributed by atoms with E-state index in [2.05, 4.69) is 5.32 Å². The molecule has 0 saturated heterocycles. The van der Waals surface area contributed by atoms with Crippen LogP contribution in [0.1, 0.15) is 16.6 Å². The number of nitrogens with one attached hydrogen (secondary N) is 2. The van der Waals surface area contributed by atoms with Crippen LogP contribution in [-0.4, -0.2) is 30.4 Å². The Morgan fingerprint density at radius 2 is 1.64 bits per heavy atom. The molecule has 0 aliphatic rings. The summed E-state index contributed by atoms with van der Waals surface area (Å²) in [5, 5.41) is 4.19. The number of esters is 1. The topological polar surface area (TPSA) is 84.5 Å². The maximum atomic E-state index is 13.6. The zero-order valence-corrected chi connectivity index (χ0v) is 17.8. The molecule has 2 N–H and O–H groups in total. The van der Waals surface area contributed by atoms with Crippen LogP contribution in [0.15, 0.2) is 48.5 Å². The van der Waals surface area contributed by atoms with Crippen LogP contribution < -0.4 is 10.6 Å². The Bertz CT molecular complexity index is 1200.